The van der Waals surface area contributed by atoms with Gasteiger partial charge in [0.15, 0.2) is 0 Å². The summed E-state index contributed by atoms with van der Waals surface area (Å²) in [4.78, 5) is 14.9. The molecule has 0 spiro atoms. The summed E-state index contributed by atoms with van der Waals surface area (Å²) in [5.74, 6) is 2.05. The van der Waals surface area contributed by atoms with Gasteiger partial charge < -0.3 is 14.2 Å². The standard InChI is InChI=1S/C26H31N3O4/c1-28(2)27-17-22-6-5-7-25(16-22)33-26(30)29(18-20-8-12-23(31-3)13-9-20)19-21-10-14-24(32-4)15-11-21/h5-16,27H,17-19H2,1-4H3. The summed E-state index contributed by atoms with van der Waals surface area (Å²) in [6, 6.07) is 22.8. The minimum absolute atomic E-state index is 0.400. The molecule has 0 bridgehead atoms. The van der Waals surface area contributed by atoms with E-state index in [2.05, 4.69) is 5.43 Å². The van der Waals surface area contributed by atoms with Crippen molar-refractivity contribution in [3.8, 4) is 17.2 Å². The minimum Gasteiger partial charge on any atom is -0.497 e. The second-order valence-electron chi connectivity index (χ2n) is 7.80. The Morgan fingerprint density at radius 3 is 1.79 bits per heavy atom. The summed E-state index contributed by atoms with van der Waals surface area (Å²) in [6.07, 6.45) is -0.417. The molecule has 1 N–H and O–H groups in total. The van der Waals surface area contributed by atoms with Crippen LogP contribution >= 0.6 is 0 Å². The summed E-state index contributed by atoms with van der Waals surface area (Å²) < 4.78 is 16.2. The zero-order valence-corrected chi connectivity index (χ0v) is 19.6. The molecule has 0 aliphatic carbocycles. The Labute approximate surface area is 195 Å². The summed E-state index contributed by atoms with van der Waals surface area (Å²) in [5, 5.41) is 1.88. The largest absolute Gasteiger partial charge is 0.497 e. The molecular formula is C26H31N3O4. The van der Waals surface area contributed by atoms with E-state index in [1.807, 2.05) is 85.8 Å². The van der Waals surface area contributed by atoms with Crippen LogP contribution in [0.1, 0.15) is 16.7 Å². The van der Waals surface area contributed by atoms with E-state index in [1.165, 1.54) is 0 Å². The van der Waals surface area contributed by atoms with E-state index >= 15 is 0 Å². The number of carbonyl (C=O) groups is 1. The van der Waals surface area contributed by atoms with Crippen molar-refractivity contribution in [2.45, 2.75) is 19.6 Å². The van der Waals surface area contributed by atoms with Crippen LogP contribution in [0.2, 0.25) is 0 Å². The number of hydrogen-bond acceptors (Lipinski definition) is 6. The zero-order chi connectivity index (χ0) is 23.6. The Bertz CT molecular complexity index is 971. The van der Waals surface area contributed by atoms with Crippen LogP contribution in [0.5, 0.6) is 17.2 Å². The molecule has 0 atom stereocenters. The molecule has 0 saturated heterocycles. The van der Waals surface area contributed by atoms with Crippen LogP contribution in [0, 0.1) is 0 Å². The molecule has 3 aromatic carbocycles. The van der Waals surface area contributed by atoms with E-state index in [0.29, 0.717) is 25.4 Å². The Morgan fingerprint density at radius 1 is 0.758 bits per heavy atom. The van der Waals surface area contributed by atoms with Crippen molar-refractivity contribution in [1.82, 2.24) is 15.3 Å². The average molecular weight is 450 g/mol. The Balaban J connectivity index is 1.76. The first-order chi connectivity index (χ1) is 16.0. The average Bonchev–Trinajstić information content (AvgIpc) is 2.83. The predicted molar refractivity (Wildman–Crippen MR) is 128 cm³/mol. The van der Waals surface area contributed by atoms with Gasteiger partial charge in [-0.15, -0.1) is 0 Å². The number of benzene rings is 3. The van der Waals surface area contributed by atoms with Crippen LogP contribution in [-0.2, 0) is 19.6 Å². The van der Waals surface area contributed by atoms with Gasteiger partial charge in [-0.1, -0.05) is 36.4 Å². The molecule has 174 valence electrons. The molecule has 0 fully saturated rings. The number of rotatable bonds is 10. The highest BCUT2D eigenvalue weighted by Gasteiger charge is 2.18. The molecule has 1 amide bonds. The highest BCUT2D eigenvalue weighted by atomic mass is 16.6. The Kier molecular flexibility index (Phi) is 8.69. The summed E-state index contributed by atoms with van der Waals surface area (Å²) >= 11 is 0. The zero-order valence-electron chi connectivity index (χ0n) is 19.6. The third kappa shape index (κ3) is 7.52. The maximum Gasteiger partial charge on any atom is 0.415 e. The van der Waals surface area contributed by atoms with Gasteiger partial charge in [0.1, 0.15) is 17.2 Å². The second-order valence-corrected chi connectivity index (χ2v) is 7.80. The lowest BCUT2D eigenvalue weighted by Gasteiger charge is -2.23. The molecule has 0 heterocycles. The fourth-order valence-corrected chi connectivity index (χ4v) is 3.22. The number of nitrogens with one attached hydrogen (secondary N) is 1. The third-order valence-electron chi connectivity index (χ3n) is 5.03. The van der Waals surface area contributed by atoms with Crippen LogP contribution < -0.4 is 19.6 Å². The van der Waals surface area contributed by atoms with Crippen molar-refractivity contribution >= 4 is 6.09 Å². The van der Waals surface area contributed by atoms with Gasteiger partial charge in [0.2, 0.25) is 0 Å². The first kappa shape index (κ1) is 24.1. The highest BCUT2D eigenvalue weighted by molar-refractivity contribution is 5.71. The number of carbonyl (C=O) groups excluding carboxylic acids is 1. The summed E-state index contributed by atoms with van der Waals surface area (Å²) in [7, 11) is 7.12. The van der Waals surface area contributed by atoms with Gasteiger partial charge in [-0.05, 0) is 53.1 Å². The fourth-order valence-electron chi connectivity index (χ4n) is 3.22. The van der Waals surface area contributed by atoms with E-state index in [0.717, 1.165) is 28.2 Å². The van der Waals surface area contributed by atoms with E-state index in [1.54, 1.807) is 25.2 Å². The van der Waals surface area contributed by atoms with Crippen molar-refractivity contribution in [2.24, 2.45) is 0 Å². The number of methoxy groups -OCH3 is 2. The molecule has 7 nitrogen and oxygen atoms in total. The monoisotopic (exact) mass is 449 g/mol. The van der Waals surface area contributed by atoms with Gasteiger partial charge in [-0.3, -0.25) is 15.3 Å². The van der Waals surface area contributed by atoms with Crippen molar-refractivity contribution in [2.75, 3.05) is 28.3 Å². The fraction of sp³-hybridized carbons (Fsp3) is 0.269. The van der Waals surface area contributed by atoms with E-state index in [9.17, 15) is 4.79 Å². The van der Waals surface area contributed by atoms with Gasteiger partial charge in [0.25, 0.3) is 0 Å². The van der Waals surface area contributed by atoms with Crippen molar-refractivity contribution < 1.29 is 19.0 Å². The number of amides is 1. The second kappa shape index (κ2) is 11.9. The Morgan fingerprint density at radius 2 is 1.30 bits per heavy atom. The SMILES string of the molecule is COc1ccc(CN(Cc2ccc(OC)cc2)C(=O)Oc2cccc(CNN(C)C)c2)cc1. The molecule has 7 heteroatoms. The number of hydrazine groups is 1. The first-order valence-electron chi connectivity index (χ1n) is 10.7. The minimum atomic E-state index is -0.417. The topological polar surface area (TPSA) is 63.3 Å². The molecule has 0 aliphatic rings. The third-order valence-corrected chi connectivity index (χ3v) is 5.03. The first-order valence-corrected chi connectivity index (χ1v) is 10.7. The van der Waals surface area contributed by atoms with Crippen LogP contribution in [0.25, 0.3) is 0 Å². The summed E-state index contributed by atoms with van der Waals surface area (Å²) in [6.45, 7) is 1.44. The lowest BCUT2D eigenvalue weighted by molar-refractivity contribution is 0.146. The number of nitrogens with zero attached hydrogens (tertiary/aromatic N) is 2. The van der Waals surface area contributed by atoms with Gasteiger partial charge in [0.05, 0.1) is 14.2 Å². The van der Waals surface area contributed by atoms with Crippen LogP contribution in [0.3, 0.4) is 0 Å². The van der Waals surface area contributed by atoms with Crippen molar-refractivity contribution in [1.29, 1.82) is 0 Å². The molecule has 3 aromatic rings. The van der Waals surface area contributed by atoms with Gasteiger partial charge in [-0.25, -0.2) is 4.79 Å². The molecule has 3 rings (SSSR count). The molecule has 0 radical (unpaired) electrons. The van der Waals surface area contributed by atoms with Gasteiger partial charge in [-0.2, -0.15) is 0 Å². The maximum atomic E-state index is 13.2. The predicted octanol–water partition coefficient (Wildman–Crippen LogP) is 4.47. The van der Waals surface area contributed by atoms with Crippen LogP contribution in [0.4, 0.5) is 4.79 Å². The highest BCUT2D eigenvalue weighted by Crippen LogP contribution is 2.20. The lowest BCUT2D eigenvalue weighted by atomic mass is 10.1. The molecule has 0 unspecified atom stereocenters. The van der Waals surface area contributed by atoms with Gasteiger partial charge >= 0.3 is 6.09 Å². The Hall–Kier alpha value is -3.55. The molecule has 0 saturated carbocycles. The van der Waals surface area contributed by atoms with Gasteiger partial charge in [0, 0.05) is 33.7 Å². The van der Waals surface area contributed by atoms with E-state index < -0.39 is 6.09 Å². The van der Waals surface area contributed by atoms with Crippen molar-refractivity contribution in [3.05, 3.63) is 89.5 Å². The van der Waals surface area contributed by atoms with E-state index in [-0.39, 0.29) is 0 Å². The smallest absolute Gasteiger partial charge is 0.415 e. The molecule has 33 heavy (non-hydrogen) atoms. The summed E-state index contributed by atoms with van der Waals surface area (Å²) in [5.41, 5.74) is 6.18. The van der Waals surface area contributed by atoms with Crippen LogP contribution in [-0.4, -0.2) is 44.3 Å². The molecular weight excluding hydrogens is 418 g/mol. The number of hydrogen-bond donors (Lipinski definition) is 1. The van der Waals surface area contributed by atoms with E-state index in [4.69, 9.17) is 14.2 Å². The molecule has 0 aliphatic heterocycles. The normalized spacial score (nSPS) is 10.7. The van der Waals surface area contributed by atoms with Crippen LogP contribution in [0.15, 0.2) is 72.8 Å². The van der Waals surface area contributed by atoms with Crippen molar-refractivity contribution in [3.63, 3.8) is 0 Å². The maximum absolute atomic E-state index is 13.2. The number of ether oxygens (including phenoxy) is 3. The quantitative estimate of drug-likeness (QED) is 0.461. The molecule has 0 aromatic heterocycles. The lowest BCUT2D eigenvalue weighted by Crippen LogP contribution is -2.32.